The second-order valence-corrected chi connectivity index (χ2v) is 9.41. The minimum atomic E-state index is -4.56. The van der Waals surface area contributed by atoms with Gasteiger partial charge in [0.25, 0.3) is 5.91 Å². The molecule has 0 fully saturated rings. The number of hydrogen-bond acceptors (Lipinski definition) is 8. The van der Waals surface area contributed by atoms with Gasteiger partial charge < -0.3 is 18.8 Å². The number of carbonyl (C=O) groups is 1. The summed E-state index contributed by atoms with van der Waals surface area (Å²) < 4.78 is 50.6. The molecule has 0 radical (unpaired) electrons. The maximum atomic E-state index is 13.2. The summed E-state index contributed by atoms with van der Waals surface area (Å²) in [7, 11) is 0.989. The van der Waals surface area contributed by atoms with Crippen molar-refractivity contribution in [1.29, 1.82) is 0 Å². The zero-order valence-corrected chi connectivity index (χ0v) is 21.8. The number of halogens is 3. The number of carbonyl (C=O) groups excluding carboxylic acids is 1. The van der Waals surface area contributed by atoms with Gasteiger partial charge in [-0.05, 0) is 55.3 Å². The quantitative estimate of drug-likeness (QED) is 0.316. The second-order valence-electron chi connectivity index (χ2n) is 8.31. The standard InChI is InChI=1S/C24H24F3N6O4P/c1-14-11-16(22-28-13-17-21(31-22)15(2)12-20(30-17)24(25,26)27)5-6-18(14)32(3)23(34)19-7-8-29-33(19)9-10-37-38(35)36-4/h5-8,11-13,35H,9-10H2,1-4H3. The molecule has 0 bridgehead atoms. The molecule has 200 valence electrons. The van der Waals surface area contributed by atoms with E-state index in [0.717, 1.165) is 11.6 Å². The molecular weight excluding hydrogens is 524 g/mol. The SMILES string of the molecule is COP(O)OCCn1nccc1C(=O)N(C)c1ccc(-c2ncc3nc(C(F)(F)F)cc(C)c3n2)cc1C. The Morgan fingerprint density at radius 1 is 1.16 bits per heavy atom. The van der Waals surface area contributed by atoms with Crippen LogP contribution >= 0.6 is 8.60 Å². The average molecular weight is 548 g/mol. The number of aryl methyl sites for hydroxylation is 2. The van der Waals surface area contributed by atoms with Crippen molar-refractivity contribution in [1.82, 2.24) is 24.7 Å². The molecule has 1 N–H and O–H groups in total. The lowest BCUT2D eigenvalue weighted by Gasteiger charge is -2.21. The van der Waals surface area contributed by atoms with E-state index in [9.17, 15) is 22.9 Å². The third-order valence-electron chi connectivity index (χ3n) is 5.75. The zero-order chi connectivity index (χ0) is 27.6. The van der Waals surface area contributed by atoms with Crippen LogP contribution in [0.3, 0.4) is 0 Å². The molecule has 3 heterocycles. The Morgan fingerprint density at radius 3 is 2.61 bits per heavy atom. The minimum absolute atomic E-state index is 0.0552. The van der Waals surface area contributed by atoms with Gasteiger partial charge in [-0.1, -0.05) is 0 Å². The molecule has 1 atom stereocenters. The number of amides is 1. The molecule has 1 unspecified atom stereocenters. The third-order valence-corrected chi connectivity index (χ3v) is 6.46. The van der Waals surface area contributed by atoms with Crippen molar-refractivity contribution in [2.24, 2.45) is 0 Å². The number of anilines is 1. The molecule has 0 aliphatic heterocycles. The van der Waals surface area contributed by atoms with Crippen LogP contribution in [-0.4, -0.2) is 56.3 Å². The van der Waals surface area contributed by atoms with Crippen LogP contribution in [0.4, 0.5) is 18.9 Å². The first-order valence-corrected chi connectivity index (χ1v) is 12.4. The fourth-order valence-electron chi connectivity index (χ4n) is 3.87. The van der Waals surface area contributed by atoms with E-state index >= 15 is 0 Å². The van der Waals surface area contributed by atoms with Crippen LogP contribution in [0.25, 0.3) is 22.4 Å². The Bertz CT molecular complexity index is 1480. The summed E-state index contributed by atoms with van der Waals surface area (Å²) in [5.74, 6) is 0.0178. The summed E-state index contributed by atoms with van der Waals surface area (Å²) in [5, 5.41) is 4.15. The Labute approximate surface area is 217 Å². The summed E-state index contributed by atoms with van der Waals surface area (Å²) in [6.07, 6.45) is -1.79. The minimum Gasteiger partial charge on any atom is -0.328 e. The number of rotatable bonds is 8. The van der Waals surface area contributed by atoms with Crippen molar-refractivity contribution in [3.63, 3.8) is 0 Å². The fraction of sp³-hybridized carbons (Fsp3) is 0.292. The first-order chi connectivity index (χ1) is 18.0. The van der Waals surface area contributed by atoms with E-state index in [2.05, 4.69) is 24.6 Å². The summed E-state index contributed by atoms with van der Waals surface area (Å²) in [4.78, 5) is 36.4. The topological polar surface area (TPSA) is 115 Å². The molecule has 1 aromatic carbocycles. The fourth-order valence-corrected chi connectivity index (χ4v) is 4.21. The van der Waals surface area contributed by atoms with E-state index in [4.69, 9.17) is 4.52 Å². The number of nitrogens with zero attached hydrogens (tertiary/aromatic N) is 6. The maximum Gasteiger partial charge on any atom is 0.433 e. The number of aromatic nitrogens is 5. The van der Waals surface area contributed by atoms with Gasteiger partial charge in [-0.2, -0.15) is 18.3 Å². The van der Waals surface area contributed by atoms with Crippen LogP contribution in [0.5, 0.6) is 0 Å². The van der Waals surface area contributed by atoms with Gasteiger partial charge in [-0.15, -0.1) is 0 Å². The number of alkyl halides is 3. The maximum absolute atomic E-state index is 13.2. The van der Waals surface area contributed by atoms with Gasteiger partial charge in [0.1, 0.15) is 16.9 Å². The van der Waals surface area contributed by atoms with E-state index in [1.807, 2.05) is 6.92 Å². The van der Waals surface area contributed by atoms with E-state index in [0.29, 0.717) is 33.8 Å². The monoisotopic (exact) mass is 548 g/mol. The van der Waals surface area contributed by atoms with Crippen molar-refractivity contribution < 1.29 is 31.9 Å². The number of benzene rings is 1. The molecule has 38 heavy (non-hydrogen) atoms. The van der Waals surface area contributed by atoms with Gasteiger partial charge in [0.05, 0.1) is 24.9 Å². The highest BCUT2D eigenvalue weighted by atomic mass is 31.2. The Morgan fingerprint density at radius 2 is 1.92 bits per heavy atom. The van der Waals surface area contributed by atoms with Gasteiger partial charge in [0, 0.05) is 31.6 Å². The predicted octanol–water partition coefficient (Wildman–Crippen LogP) is 4.68. The molecule has 14 heteroatoms. The van der Waals surface area contributed by atoms with E-state index in [1.165, 1.54) is 29.1 Å². The van der Waals surface area contributed by atoms with Crippen LogP contribution in [0, 0.1) is 13.8 Å². The molecule has 4 aromatic rings. The highest BCUT2D eigenvalue weighted by molar-refractivity contribution is 7.40. The Balaban J connectivity index is 1.56. The largest absolute Gasteiger partial charge is 0.433 e. The molecule has 1 amide bonds. The number of hydrogen-bond donors (Lipinski definition) is 1. The average Bonchev–Trinajstić information content (AvgIpc) is 3.35. The van der Waals surface area contributed by atoms with E-state index in [1.54, 1.807) is 38.2 Å². The first-order valence-electron chi connectivity index (χ1n) is 11.3. The summed E-state index contributed by atoms with van der Waals surface area (Å²) in [6, 6.07) is 7.83. The lowest BCUT2D eigenvalue weighted by atomic mass is 10.1. The molecule has 0 aliphatic rings. The van der Waals surface area contributed by atoms with E-state index < -0.39 is 20.5 Å². The molecule has 0 saturated heterocycles. The van der Waals surface area contributed by atoms with Crippen LogP contribution in [0.15, 0.2) is 42.7 Å². The summed E-state index contributed by atoms with van der Waals surface area (Å²) >= 11 is 0. The molecule has 4 rings (SSSR count). The number of pyridine rings is 1. The van der Waals surface area contributed by atoms with E-state index in [-0.39, 0.29) is 24.6 Å². The smallest absolute Gasteiger partial charge is 0.328 e. The molecule has 0 saturated carbocycles. The van der Waals surface area contributed by atoms with Crippen LogP contribution in [0.2, 0.25) is 0 Å². The predicted molar refractivity (Wildman–Crippen MR) is 134 cm³/mol. The Hall–Kier alpha value is -3.51. The van der Waals surface area contributed by atoms with Gasteiger partial charge in [0.15, 0.2) is 5.82 Å². The zero-order valence-electron chi connectivity index (χ0n) is 20.9. The van der Waals surface area contributed by atoms with Crippen LogP contribution < -0.4 is 4.90 Å². The normalized spacial score (nSPS) is 12.6. The van der Waals surface area contributed by atoms with Crippen LogP contribution in [0.1, 0.15) is 27.3 Å². The molecule has 0 spiro atoms. The van der Waals surface area contributed by atoms with Gasteiger partial charge in [-0.25, -0.2) is 15.0 Å². The third kappa shape index (κ3) is 5.81. The van der Waals surface area contributed by atoms with Crippen molar-refractivity contribution in [3.05, 3.63) is 65.2 Å². The highest BCUT2D eigenvalue weighted by Gasteiger charge is 2.33. The Kier molecular flexibility index (Phi) is 8.02. The van der Waals surface area contributed by atoms with Gasteiger partial charge in [0.2, 0.25) is 0 Å². The van der Waals surface area contributed by atoms with Gasteiger partial charge in [-0.3, -0.25) is 9.48 Å². The van der Waals surface area contributed by atoms with Crippen molar-refractivity contribution in [3.8, 4) is 11.4 Å². The lowest BCUT2D eigenvalue weighted by Crippen LogP contribution is -2.29. The molecular formula is C24H24F3N6O4P. The molecule has 10 nitrogen and oxygen atoms in total. The number of fused-ring (bicyclic) bond motifs is 1. The molecule has 0 aliphatic carbocycles. The first kappa shape index (κ1) is 27.5. The van der Waals surface area contributed by atoms with Crippen molar-refractivity contribution in [2.45, 2.75) is 26.6 Å². The van der Waals surface area contributed by atoms with Gasteiger partial charge >= 0.3 is 14.8 Å². The van der Waals surface area contributed by atoms with Crippen molar-refractivity contribution >= 4 is 31.2 Å². The summed E-state index contributed by atoms with van der Waals surface area (Å²) in [5.41, 5.74) is 2.08. The summed E-state index contributed by atoms with van der Waals surface area (Å²) in [6.45, 7) is 3.71. The highest BCUT2D eigenvalue weighted by Crippen LogP contribution is 2.32. The van der Waals surface area contributed by atoms with Crippen molar-refractivity contribution in [2.75, 3.05) is 25.7 Å². The van der Waals surface area contributed by atoms with Crippen LogP contribution in [-0.2, 0) is 21.8 Å². The molecule has 3 aromatic heterocycles. The lowest BCUT2D eigenvalue weighted by molar-refractivity contribution is -0.141. The second kappa shape index (κ2) is 11.1.